The summed E-state index contributed by atoms with van der Waals surface area (Å²) in [4.78, 5) is 0. The zero-order valence-corrected chi connectivity index (χ0v) is 6.70. The first-order valence-electron chi connectivity index (χ1n) is 3.56. The minimum absolute atomic E-state index is 0.141. The Morgan fingerprint density at radius 2 is 2.33 bits per heavy atom. The topological polar surface area (TPSA) is 49.7 Å². The summed E-state index contributed by atoms with van der Waals surface area (Å²) in [5.74, 6) is -1.90. The van der Waals surface area contributed by atoms with Crippen LogP contribution >= 0.6 is 0 Å². The van der Waals surface area contributed by atoms with Crippen LogP contribution < -0.4 is 0 Å². The van der Waals surface area contributed by atoms with Gasteiger partial charge in [-0.3, -0.25) is 0 Å². The van der Waals surface area contributed by atoms with Gasteiger partial charge in [0.1, 0.15) is 0 Å². The fraction of sp³-hybridized carbons (Fsp3) is 0.429. The Morgan fingerprint density at radius 1 is 1.67 bits per heavy atom. The predicted octanol–water partition coefficient (Wildman–Crippen LogP) is 0.197. The molecule has 3 nitrogen and oxygen atoms in total. The average molecular weight is 172 g/mol. The Morgan fingerprint density at radius 3 is 2.83 bits per heavy atom. The smallest absolute Gasteiger partial charge is 0.423 e. The molecule has 1 rings (SSSR count). The van der Waals surface area contributed by atoms with Crippen LogP contribution in [-0.4, -0.2) is 30.1 Å². The highest BCUT2D eigenvalue weighted by molar-refractivity contribution is 6.50. The molecule has 0 spiro atoms. The SMILES string of the molecule is COC1(F)C=CC=C(B(O)O)C1. The third-order valence-electron chi connectivity index (χ3n) is 1.77. The molecule has 0 radical (unpaired) electrons. The van der Waals surface area contributed by atoms with Crippen molar-refractivity contribution < 1.29 is 19.2 Å². The Kier molecular flexibility index (Phi) is 2.67. The van der Waals surface area contributed by atoms with Crippen LogP contribution in [0.2, 0.25) is 0 Å². The van der Waals surface area contributed by atoms with Crippen molar-refractivity contribution in [2.24, 2.45) is 0 Å². The maximum Gasteiger partial charge on any atom is 0.484 e. The quantitative estimate of drug-likeness (QED) is 0.584. The molecule has 0 aromatic rings. The van der Waals surface area contributed by atoms with Gasteiger partial charge in [0, 0.05) is 13.5 Å². The maximum atomic E-state index is 13.3. The second-order valence-electron chi connectivity index (χ2n) is 2.64. The summed E-state index contributed by atoms with van der Waals surface area (Å²) in [6.45, 7) is 0. The molecule has 66 valence electrons. The summed E-state index contributed by atoms with van der Waals surface area (Å²) < 4.78 is 17.9. The minimum atomic E-state index is -1.90. The summed E-state index contributed by atoms with van der Waals surface area (Å²) in [5, 5.41) is 17.5. The van der Waals surface area contributed by atoms with E-state index in [2.05, 4.69) is 4.74 Å². The molecule has 1 aliphatic carbocycles. The van der Waals surface area contributed by atoms with Crippen molar-refractivity contribution in [2.75, 3.05) is 7.11 Å². The van der Waals surface area contributed by atoms with E-state index in [-0.39, 0.29) is 11.9 Å². The highest BCUT2D eigenvalue weighted by Gasteiger charge is 2.32. The fourth-order valence-electron chi connectivity index (χ4n) is 1.03. The second kappa shape index (κ2) is 3.39. The first-order valence-corrected chi connectivity index (χ1v) is 3.56. The average Bonchev–Trinajstić information content (AvgIpc) is 2.05. The molecule has 0 saturated carbocycles. The van der Waals surface area contributed by atoms with Gasteiger partial charge in [-0.15, -0.1) is 0 Å². The Bertz CT molecular complexity index is 227. The molecule has 0 aromatic heterocycles. The lowest BCUT2D eigenvalue weighted by molar-refractivity contribution is -0.0781. The number of ether oxygens (including phenoxy) is 1. The summed E-state index contributed by atoms with van der Waals surface area (Å²) in [5.41, 5.74) is 0.210. The number of methoxy groups -OCH3 is 1. The van der Waals surface area contributed by atoms with Crippen molar-refractivity contribution in [2.45, 2.75) is 12.3 Å². The van der Waals surface area contributed by atoms with E-state index in [9.17, 15) is 4.39 Å². The maximum absolute atomic E-state index is 13.3. The van der Waals surface area contributed by atoms with Gasteiger partial charge in [0.05, 0.1) is 0 Å². The molecule has 1 aliphatic rings. The molecular formula is C7H10BFO3. The number of halogens is 1. The van der Waals surface area contributed by atoms with E-state index in [1.807, 2.05) is 0 Å². The van der Waals surface area contributed by atoms with Gasteiger partial charge in [-0.2, -0.15) is 0 Å². The van der Waals surface area contributed by atoms with E-state index in [0.717, 1.165) is 0 Å². The molecule has 0 heterocycles. The number of alkyl halides is 1. The van der Waals surface area contributed by atoms with Gasteiger partial charge in [-0.1, -0.05) is 12.2 Å². The van der Waals surface area contributed by atoms with E-state index in [1.54, 1.807) is 0 Å². The van der Waals surface area contributed by atoms with Crippen LogP contribution in [0, 0.1) is 0 Å². The first-order chi connectivity index (χ1) is 5.57. The highest BCUT2D eigenvalue weighted by Crippen LogP contribution is 2.27. The molecular weight excluding hydrogens is 162 g/mol. The van der Waals surface area contributed by atoms with Crippen LogP contribution in [0.5, 0.6) is 0 Å². The normalized spacial score (nSPS) is 28.5. The van der Waals surface area contributed by atoms with E-state index < -0.39 is 13.0 Å². The van der Waals surface area contributed by atoms with Crippen molar-refractivity contribution >= 4 is 7.12 Å². The number of rotatable bonds is 2. The lowest BCUT2D eigenvalue weighted by Crippen LogP contribution is -2.30. The minimum Gasteiger partial charge on any atom is -0.423 e. The molecule has 12 heavy (non-hydrogen) atoms. The van der Waals surface area contributed by atoms with Gasteiger partial charge in [0.2, 0.25) is 5.85 Å². The highest BCUT2D eigenvalue weighted by atomic mass is 19.2. The molecule has 0 aliphatic heterocycles. The Labute approximate surface area is 70.3 Å². The van der Waals surface area contributed by atoms with E-state index in [4.69, 9.17) is 10.0 Å². The van der Waals surface area contributed by atoms with E-state index >= 15 is 0 Å². The summed E-state index contributed by atoms with van der Waals surface area (Å²) in [6.07, 6.45) is 3.96. The zero-order chi connectivity index (χ0) is 9.19. The molecule has 2 N–H and O–H groups in total. The number of hydrogen-bond donors (Lipinski definition) is 2. The van der Waals surface area contributed by atoms with Gasteiger partial charge in [-0.05, 0) is 11.5 Å². The van der Waals surface area contributed by atoms with Gasteiger partial charge >= 0.3 is 7.12 Å². The van der Waals surface area contributed by atoms with Gasteiger partial charge in [0.15, 0.2) is 0 Å². The number of allylic oxidation sites excluding steroid dienone is 2. The van der Waals surface area contributed by atoms with Crippen molar-refractivity contribution in [1.82, 2.24) is 0 Å². The van der Waals surface area contributed by atoms with E-state index in [0.29, 0.717) is 0 Å². The molecule has 0 saturated heterocycles. The van der Waals surface area contributed by atoms with Crippen molar-refractivity contribution in [3.05, 3.63) is 23.7 Å². The summed E-state index contributed by atoms with van der Waals surface area (Å²) in [7, 11) is -0.378. The number of hydrogen-bond acceptors (Lipinski definition) is 3. The first kappa shape index (κ1) is 9.44. The standard InChI is InChI=1S/C7H10BFO3/c1-12-7(9)4-2-3-6(5-7)8(10)11/h2-4,10-11H,5H2,1H3. The molecule has 0 amide bonds. The van der Waals surface area contributed by atoms with Crippen LogP contribution in [0.1, 0.15) is 6.42 Å². The molecule has 0 aromatic carbocycles. The third kappa shape index (κ3) is 1.94. The van der Waals surface area contributed by atoms with Crippen LogP contribution in [0.25, 0.3) is 0 Å². The molecule has 0 fully saturated rings. The van der Waals surface area contributed by atoms with Gasteiger partial charge in [-0.25, -0.2) is 4.39 Å². The molecule has 1 atom stereocenters. The van der Waals surface area contributed by atoms with Gasteiger partial charge in [0.25, 0.3) is 0 Å². The Hall–Kier alpha value is -0.645. The van der Waals surface area contributed by atoms with E-state index in [1.165, 1.54) is 25.3 Å². The Balaban J connectivity index is 2.73. The molecule has 5 heteroatoms. The van der Waals surface area contributed by atoms with Crippen molar-refractivity contribution in [1.29, 1.82) is 0 Å². The largest absolute Gasteiger partial charge is 0.484 e. The molecule has 1 unspecified atom stereocenters. The summed E-state index contributed by atoms with van der Waals surface area (Å²) >= 11 is 0. The van der Waals surface area contributed by atoms with Crippen LogP contribution in [0.4, 0.5) is 4.39 Å². The molecule has 0 bridgehead atoms. The predicted molar refractivity (Wildman–Crippen MR) is 42.9 cm³/mol. The lowest BCUT2D eigenvalue weighted by atomic mass is 9.74. The summed E-state index contributed by atoms with van der Waals surface area (Å²) in [6, 6.07) is 0. The van der Waals surface area contributed by atoms with Crippen LogP contribution in [-0.2, 0) is 4.74 Å². The van der Waals surface area contributed by atoms with Gasteiger partial charge < -0.3 is 14.8 Å². The zero-order valence-electron chi connectivity index (χ0n) is 6.70. The van der Waals surface area contributed by atoms with Crippen molar-refractivity contribution in [3.63, 3.8) is 0 Å². The monoisotopic (exact) mass is 172 g/mol. The fourth-order valence-corrected chi connectivity index (χ4v) is 1.03. The second-order valence-corrected chi connectivity index (χ2v) is 2.64. The van der Waals surface area contributed by atoms with Crippen molar-refractivity contribution in [3.8, 4) is 0 Å². The third-order valence-corrected chi connectivity index (χ3v) is 1.77. The van der Waals surface area contributed by atoms with Crippen LogP contribution in [0.3, 0.4) is 0 Å². The lowest BCUT2D eigenvalue weighted by Gasteiger charge is -2.23. The van der Waals surface area contributed by atoms with Crippen LogP contribution in [0.15, 0.2) is 23.7 Å².